The second kappa shape index (κ2) is 10.1. The van der Waals surface area contributed by atoms with Crippen LogP contribution >= 0.6 is 12.4 Å². The molecule has 2 unspecified atom stereocenters. The Hall–Kier alpha value is -1.75. The van der Waals surface area contributed by atoms with Crippen molar-refractivity contribution in [2.75, 3.05) is 19.8 Å². The summed E-state index contributed by atoms with van der Waals surface area (Å²) in [5, 5.41) is 13.5. The number of ether oxygens (including phenoxy) is 2. The molecule has 154 valence electrons. The fraction of sp³-hybridized carbons (Fsp3) is 0.478. The maximum absolute atomic E-state index is 10.1. The van der Waals surface area contributed by atoms with Crippen LogP contribution in [-0.4, -0.2) is 36.5 Å². The highest BCUT2D eigenvalue weighted by molar-refractivity contribution is 5.85. The zero-order valence-electron chi connectivity index (χ0n) is 17.0. The zero-order valence-corrected chi connectivity index (χ0v) is 17.8. The van der Waals surface area contributed by atoms with Gasteiger partial charge in [-0.05, 0) is 57.4 Å². The van der Waals surface area contributed by atoms with Gasteiger partial charge in [-0.3, -0.25) is 0 Å². The minimum atomic E-state index is -0.487. The minimum Gasteiger partial charge on any atom is -0.493 e. The van der Waals surface area contributed by atoms with Crippen LogP contribution in [0.3, 0.4) is 0 Å². The maximum Gasteiger partial charge on any atom is 0.126 e. The lowest BCUT2D eigenvalue weighted by Gasteiger charge is -2.26. The van der Waals surface area contributed by atoms with E-state index in [1.54, 1.807) is 0 Å². The van der Waals surface area contributed by atoms with Gasteiger partial charge < -0.3 is 19.9 Å². The monoisotopic (exact) mass is 405 g/mol. The summed E-state index contributed by atoms with van der Waals surface area (Å²) >= 11 is 0. The summed E-state index contributed by atoms with van der Waals surface area (Å²) in [5.74, 6) is 2.03. The number of aliphatic hydroxyl groups excluding tert-OH is 1. The topological polar surface area (TPSA) is 50.7 Å². The molecule has 0 bridgehead atoms. The van der Waals surface area contributed by atoms with Crippen molar-refractivity contribution in [3.63, 3.8) is 0 Å². The van der Waals surface area contributed by atoms with Crippen LogP contribution in [-0.2, 0) is 6.42 Å². The molecule has 28 heavy (non-hydrogen) atoms. The van der Waals surface area contributed by atoms with Crippen molar-refractivity contribution in [2.45, 2.75) is 51.2 Å². The van der Waals surface area contributed by atoms with Gasteiger partial charge in [0.15, 0.2) is 0 Å². The SMILES string of the molecule is CC(C)(C)NCCC(O)COc1ccc2c(c1)OCC(c1ccccc1)C2.Cl. The summed E-state index contributed by atoms with van der Waals surface area (Å²) in [6, 6.07) is 16.5. The molecule has 0 saturated carbocycles. The van der Waals surface area contributed by atoms with Crippen molar-refractivity contribution >= 4 is 12.4 Å². The van der Waals surface area contributed by atoms with E-state index in [0.717, 1.165) is 24.5 Å². The van der Waals surface area contributed by atoms with Gasteiger partial charge in [0.25, 0.3) is 0 Å². The lowest BCUT2D eigenvalue weighted by Crippen LogP contribution is -2.38. The smallest absolute Gasteiger partial charge is 0.126 e. The summed E-state index contributed by atoms with van der Waals surface area (Å²) < 4.78 is 11.8. The molecule has 0 amide bonds. The third kappa shape index (κ3) is 6.69. The van der Waals surface area contributed by atoms with Crippen molar-refractivity contribution in [2.24, 2.45) is 0 Å². The van der Waals surface area contributed by atoms with Crippen molar-refractivity contribution in [3.8, 4) is 11.5 Å². The third-order valence-electron chi connectivity index (χ3n) is 4.79. The molecule has 2 atom stereocenters. The first kappa shape index (κ1) is 22.5. The number of halogens is 1. The molecule has 2 aromatic rings. The molecule has 0 spiro atoms. The van der Waals surface area contributed by atoms with Crippen molar-refractivity contribution in [1.82, 2.24) is 5.32 Å². The van der Waals surface area contributed by atoms with Crippen LogP contribution in [0.1, 0.15) is 44.2 Å². The van der Waals surface area contributed by atoms with E-state index in [0.29, 0.717) is 18.9 Å². The lowest BCUT2D eigenvalue weighted by atomic mass is 9.90. The Bertz CT molecular complexity index is 730. The minimum absolute atomic E-state index is 0. The van der Waals surface area contributed by atoms with E-state index in [4.69, 9.17) is 9.47 Å². The quantitative estimate of drug-likeness (QED) is 0.719. The van der Waals surface area contributed by atoms with Gasteiger partial charge in [-0.25, -0.2) is 0 Å². The van der Waals surface area contributed by atoms with Crippen LogP contribution in [0.25, 0.3) is 0 Å². The molecular formula is C23H32ClNO3. The highest BCUT2D eigenvalue weighted by Gasteiger charge is 2.22. The van der Waals surface area contributed by atoms with E-state index in [-0.39, 0.29) is 24.6 Å². The van der Waals surface area contributed by atoms with E-state index in [2.05, 4.69) is 56.4 Å². The van der Waals surface area contributed by atoms with Crippen molar-refractivity contribution in [3.05, 3.63) is 59.7 Å². The number of fused-ring (bicyclic) bond motifs is 1. The van der Waals surface area contributed by atoms with Crippen molar-refractivity contribution in [1.29, 1.82) is 0 Å². The maximum atomic E-state index is 10.1. The number of benzene rings is 2. The van der Waals surface area contributed by atoms with Crippen LogP contribution < -0.4 is 14.8 Å². The first-order valence-electron chi connectivity index (χ1n) is 9.77. The predicted molar refractivity (Wildman–Crippen MR) is 116 cm³/mol. The fourth-order valence-corrected chi connectivity index (χ4v) is 3.27. The highest BCUT2D eigenvalue weighted by atomic mass is 35.5. The Morgan fingerprint density at radius 2 is 1.93 bits per heavy atom. The van der Waals surface area contributed by atoms with Crippen LogP contribution in [0.5, 0.6) is 11.5 Å². The molecule has 2 N–H and O–H groups in total. The van der Waals surface area contributed by atoms with Gasteiger partial charge in [0, 0.05) is 17.5 Å². The van der Waals surface area contributed by atoms with E-state index in [1.807, 2.05) is 18.2 Å². The molecule has 4 nitrogen and oxygen atoms in total. The van der Waals surface area contributed by atoms with Crippen LogP contribution in [0.15, 0.2) is 48.5 Å². The van der Waals surface area contributed by atoms with E-state index in [1.165, 1.54) is 11.1 Å². The van der Waals surface area contributed by atoms with Gasteiger partial charge in [-0.15, -0.1) is 12.4 Å². The Balaban J connectivity index is 0.00000280. The molecule has 0 aliphatic carbocycles. The van der Waals surface area contributed by atoms with Gasteiger partial charge in [-0.1, -0.05) is 36.4 Å². The number of hydrogen-bond acceptors (Lipinski definition) is 4. The summed E-state index contributed by atoms with van der Waals surface area (Å²) in [5.41, 5.74) is 2.58. The lowest BCUT2D eigenvalue weighted by molar-refractivity contribution is 0.0980. The zero-order chi connectivity index (χ0) is 19.3. The van der Waals surface area contributed by atoms with Gasteiger partial charge in [0.2, 0.25) is 0 Å². The Kier molecular flexibility index (Phi) is 8.17. The molecule has 0 radical (unpaired) electrons. The Morgan fingerprint density at radius 3 is 2.64 bits per heavy atom. The molecule has 0 saturated heterocycles. The van der Waals surface area contributed by atoms with E-state index < -0.39 is 6.10 Å². The van der Waals surface area contributed by atoms with Crippen LogP contribution in [0.4, 0.5) is 0 Å². The molecule has 2 aromatic carbocycles. The summed E-state index contributed by atoms with van der Waals surface area (Å²) in [6.45, 7) is 8.09. The third-order valence-corrected chi connectivity index (χ3v) is 4.79. The number of hydrogen-bond donors (Lipinski definition) is 2. The second-order valence-corrected chi connectivity index (χ2v) is 8.32. The molecular weight excluding hydrogens is 374 g/mol. The average Bonchev–Trinajstić information content (AvgIpc) is 2.65. The van der Waals surface area contributed by atoms with Crippen molar-refractivity contribution < 1.29 is 14.6 Å². The molecule has 0 fully saturated rings. The second-order valence-electron chi connectivity index (χ2n) is 8.32. The van der Waals surface area contributed by atoms with E-state index >= 15 is 0 Å². The number of nitrogens with one attached hydrogen (secondary N) is 1. The highest BCUT2D eigenvalue weighted by Crippen LogP contribution is 2.34. The number of rotatable bonds is 7. The van der Waals surface area contributed by atoms with Gasteiger partial charge >= 0.3 is 0 Å². The average molecular weight is 406 g/mol. The standard InChI is InChI=1S/C23H31NO3.ClH/c1-23(2,3)24-12-11-20(25)16-26-21-10-9-18-13-19(15-27-22(18)14-21)17-7-5-4-6-8-17;/h4-10,14,19-20,24-25H,11-13,15-16H2,1-3H3;1H. The van der Waals surface area contributed by atoms with E-state index in [9.17, 15) is 5.11 Å². The normalized spacial score (nSPS) is 17.1. The Labute approximate surface area is 174 Å². The van der Waals surface area contributed by atoms with Gasteiger partial charge in [0.05, 0.1) is 12.7 Å². The van der Waals surface area contributed by atoms with Crippen LogP contribution in [0, 0.1) is 0 Å². The molecule has 1 heterocycles. The van der Waals surface area contributed by atoms with Gasteiger partial charge in [-0.2, -0.15) is 0 Å². The van der Waals surface area contributed by atoms with Gasteiger partial charge in [0.1, 0.15) is 18.1 Å². The van der Waals surface area contributed by atoms with Crippen LogP contribution in [0.2, 0.25) is 0 Å². The summed E-state index contributed by atoms with van der Waals surface area (Å²) in [7, 11) is 0. The first-order chi connectivity index (χ1) is 12.9. The molecule has 0 aromatic heterocycles. The molecule has 3 rings (SSSR count). The fourth-order valence-electron chi connectivity index (χ4n) is 3.27. The summed E-state index contributed by atoms with van der Waals surface area (Å²) in [4.78, 5) is 0. The molecule has 1 aliphatic heterocycles. The largest absolute Gasteiger partial charge is 0.493 e. The Morgan fingerprint density at radius 1 is 1.18 bits per heavy atom. The molecule has 1 aliphatic rings. The summed E-state index contributed by atoms with van der Waals surface area (Å²) in [6.07, 6.45) is 1.15. The first-order valence-corrected chi connectivity index (χ1v) is 9.77. The molecule has 5 heteroatoms. The number of aliphatic hydroxyl groups is 1. The predicted octanol–water partition coefficient (Wildman–Crippen LogP) is 4.35.